The first-order chi connectivity index (χ1) is 9.13. The van der Waals surface area contributed by atoms with E-state index in [4.69, 9.17) is 10.5 Å². The van der Waals surface area contributed by atoms with Crippen molar-refractivity contribution in [2.75, 3.05) is 5.73 Å². The maximum atomic E-state index is 11.4. The van der Waals surface area contributed by atoms with Crippen molar-refractivity contribution in [2.45, 2.75) is 6.92 Å². The van der Waals surface area contributed by atoms with Crippen molar-refractivity contribution in [3.8, 4) is 11.6 Å². The molecule has 0 bridgehead atoms. The number of aromatic amines is 1. The number of anilines is 1. The fourth-order valence-corrected chi connectivity index (χ4v) is 1.71. The number of hydrogen-bond donors (Lipinski definition) is 2. The molecular weight excluding hydrogens is 246 g/mol. The first kappa shape index (κ1) is 11.3. The summed E-state index contributed by atoms with van der Waals surface area (Å²) in [6, 6.07) is 8.69. The number of rotatable bonds is 2. The van der Waals surface area contributed by atoms with Gasteiger partial charge in [-0.15, -0.1) is 5.10 Å². The molecule has 96 valence electrons. The van der Waals surface area contributed by atoms with Gasteiger partial charge in [-0.2, -0.15) is 9.61 Å². The zero-order chi connectivity index (χ0) is 13.4. The van der Waals surface area contributed by atoms with Crippen molar-refractivity contribution < 1.29 is 4.74 Å². The highest BCUT2D eigenvalue weighted by molar-refractivity contribution is 5.55. The molecule has 0 aliphatic carbocycles. The zero-order valence-electron chi connectivity index (χ0n) is 10.1. The van der Waals surface area contributed by atoms with E-state index in [0.717, 1.165) is 10.1 Å². The van der Waals surface area contributed by atoms with E-state index >= 15 is 0 Å². The highest BCUT2D eigenvalue weighted by Crippen LogP contribution is 2.26. The summed E-state index contributed by atoms with van der Waals surface area (Å²) in [4.78, 5) is 11.4. The summed E-state index contributed by atoms with van der Waals surface area (Å²) in [5.74, 6) is 0.764. The summed E-state index contributed by atoms with van der Waals surface area (Å²) >= 11 is 0. The molecule has 0 saturated carbocycles. The number of benzene rings is 1. The normalized spacial score (nSPS) is 10.8. The second-order valence-electron chi connectivity index (χ2n) is 4.11. The van der Waals surface area contributed by atoms with E-state index in [2.05, 4.69) is 15.3 Å². The van der Waals surface area contributed by atoms with Crippen molar-refractivity contribution in [3.63, 3.8) is 0 Å². The second kappa shape index (κ2) is 4.13. The van der Waals surface area contributed by atoms with Crippen LogP contribution < -0.4 is 16.2 Å². The predicted octanol–water partition coefficient (Wildman–Crippen LogP) is 1.10. The molecule has 0 aliphatic heterocycles. The smallest absolute Gasteiger partial charge is 0.364 e. The Bertz CT molecular complexity index is 805. The van der Waals surface area contributed by atoms with Crippen LogP contribution in [0.2, 0.25) is 0 Å². The molecule has 0 spiro atoms. The lowest BCUT2D eigenvalue weighted by molar-refractivity contribution is 0.453. The lowest BCUT2D eigenvalue weighted by atomic mass is 10.2. The monoisotopic (exact) mass is 257 g/mol. The van der Waals surface area contributed by atoms with Gasteiger partial charge in [-0.1, -0.05) is 6.07 Å². The van der Waals surface area contributed by atoms with E-state index in [1.54, 1.807) is 24.3 Å². The Morgan fingerprint density at radius 1 is 1.32 bits per heavy atom. The standard InChI is InChI=1S/C12H11N5O2/c1-7-2-3-9(8(13)6-7)19-11-5-4-10-14-15-12(18)17(10)16-11/h2-6H,13H2,1H3,(H,15,18). The summed E-state index contributed by atoms with van der Waals surface area (Å²) in [6.07, 6.45) is 0. The van der Waals surface area contributed by atoms with Gasteiger partial charge >= 0.3 is 5.69 Å². The maximum Gasteiger partial charge on any atom is 0.364 e. The number of H-pyrrole nitrogens is 1. The van der Waals surface area contributed by atoms with Gasteiger partial charge in [0.1, 0.15) is 0 Å². The van der Waals surface area contributed by atoms with E-state index in [9.17, 15) is 4.79 Å². The number of ether oxygens (including phenoxy) is 1. The first-order valence-electron chi connectivity index (χ1n) is 5.62. The molecule has 0 atom stereocenters. The summed E-state index contributed by atoms with van der Waals surface area (Å²) in [5, 5.41) is 10.1. The minimum atomic E-state index is -0.419. The van der Waals surface area contributed by atoms with Gasteiger partial charge in [0.15, 0.2) is 11.4 Å². The second-order valence-corrected chi connectivity index (χ2v) is 4.11. The molecule has 19 heavy (non-hydrogen) atoms. The van der Waals surface area contributed by atoms with Gasteiger partial charge < -0.3 is 10.5 Å². The molecule has 0 saturated heterocycles. The molecule has 3 N–H and O–H groups in total. The number of nitrogen functional groups attached to an aromatic ring is 1. The third-order valence-corrected chi connectivity index (χ3v) is 2.63. The third kappa shape index (κ3) is 2.01. The topological polar surface area (TPSA) is 98.3 Å². The van der Waals surface area contributed by atoms with Crippen LogP contribution in [0.25, 0.3) is 5.65 Å². The number of aryl methyl sites for hydroxylation is 1. The highest BCUT2D eigenvalue weighted by Gasteiger charge is 2.06. The van der Waals surface area contributed by atoms with Crippen molar-refractivity contribution in [1.29, 1.82) is 0 Å². The van der Waals surface area contributed by atoms with Crippen LogP contribution in [0.1, 0.15) is 5.56 Å². The Hall–Kier alpha value is -2.83. The van der Waals surface area contributed by atoms with Gasteiger partial charge in [0, 0.05) is 6.07 Å². The van der Waals surface area contributed by atoms with Crippen molar-refractivity contribution in [3.05, 3.63) is 46.4 Å². The van der Waals surface area contributed by atoms with Crippen LogP contribution in [0.5, 0.6) is 11.6 Å². The Morgan fingerprint density at radius 3 is 2.95 bits per heavy atom. The van der Waals surface area contributed by atoms with Crippen LogP contribution in [-0.2, 0) is 0 Å². The molecule has 3 aromatic rings. The quantitative estimate of drug-likeness (QED) is 0.670. The fourth-order valence-electron chi connectivity index (χ4n) is 1.71. The predicted molar refractivity (Wildman–Crippen MR) is 69.3 cm³/mol. The number of aromatic nitrogens is 4. The van der Waals surface area contributed by atoms with Gasteiger partial charge in [0.05, 0.1) is 5.69 Å². The number of fused-ring (bicyclic) bond motifs is 1. The fraction of sp³-hybridized carbons (Fsp3) is 0.0833. The lowest BCUT2D eigenvalue weighted by Gasteiger charge is -2.07. The average molecular weight is 257 g/mol. The summed E-state index contributed by atoms with van der Waals surface area (Å²) in [7, 11) is 0. The largest absolute Gasteiger partial charge is 0.435 e. The molecule has 0 unspecified atom stereocenters. The zero-order valence-corrected chi connectivity index (χ0v) is 10.1. The van der Waals surface area contributed by atoms with Crippen molar-refractivity contribution >= 4 is 11.3 Å². The Morgan fingerprint density at radius 2 is 2.16 bits per heavy atom. The van der Waals surface area contributed by atoms with Crippen LogP contribution in [0.15, 0.2) is 35.1 Å². The Balaban J connectivity index is 2.00. The van der Waals surface area contributed by atoms with Gasteiger partial charge in [-0.25, -0.2) is 9.89 Å². The van der Waals surface area contributed by atoms with E-state index in [0.29, 0.717) is 17.1 Å². The minimum Gasteiger partial charge on any atom is -0.435 e. The van der Waals surface area contributed by atoms with E-state index < -0.39 is 5.69 Å². The lowest BCUT2D eigenvalue weighted by Crippen LogP contribution is -2.12. The maximum absolute atomic E-state index is 11.4. The van der Waals surface area contributed by atoms with Gasteiger partial charge in [0.2, 0.25) is 5.88 Å². The van der Waals surface area contributed by atoms with Gasteiger partial charge in [-0.05, 0) is 30.7 Å². The molecule has 3 rings (SSSR count). The number of hydrogen-bond acceptors (Lipinski definition) is 5. The SMILES string of the molecule is Cc1ccc(Oc2ccc3n[nH]c(=O)n3n2)c(N)c1. The molecule has 7 nitrogen and oxygen atoms in total. The van der Waals surface area contributed by atoms with Gasteiger partial charge in [-0.3, -0.25) is 0 Å². The molecule has 0 fully saturated rings. The van der Waals surface area contributed by atoms with Crippen LogP contribution in [0, 0.1) is 6.92 Å². The third-order valence-electron chi connectivity index (χ3n) is 2.63. The number of nitrogens with two attached hydrogens (primary N) is 1. The van der Waals surface area contributed by atoms with Crippen molar-refractivity contribution in [1.82, 2.24) is 19.8 Å². The Kier molecular flexibility index (Phi) is 2.45. The Labute approximate surface area is 107 Å². The number of nitrogens with one attached hydrogen (secondary N) is 1. The van der Waals surface area contributed by atoms with Crippen LogP contribution in [-0.4, -0.2) is 19.8 Å². The molecule has 0 radical (unpaired) electrons. The van der Waals surface area contributed by atoms with E-state index in [1.165, 1.54) is 0 Å². The molecule has 0 amide bonds. The number of nitrogens with zero attached hydrogens (tertiary/aromatic N) is 3. The van der Waals surface area contributed by atoms with Crippen molar-refractivity contribution in [2.24, 2.45) is 0 Å². The molecule has 0 aliphatic rings. The summed E-state index contributed by atoms with van der Waals surface area (Å²) in [6.45, 7) is 1.94. The summed E-state index contributed by atoms with van der Waals surface area (Å²) in [5.41, 5.74) is 7.41. The minimum absolute atomic E-state index is 0.270. The van der Waals surface area contributed by atoms with Crippen LogP contribution in [0.3, 0.4) is 0 Å². The first-order valence-corrected chi connectivity index (χ1v) is 5.62. The van der Waals surface area contributed by atoms with Crippen LogP contribution in [0.4, 0.5) is 5.69 Å². The molecule has 2 aromatic heterocycles. The summed E-state index contributed by atoms with van der Waals surface area (Å²) < 4.78 is 6.68. The molecule has 7 heteroatoms. The average Bonchev–Trinajstić information content (AvgIpc) is 2.75. The molecular formula is C12H11N5O2. The molecule has 2 heterocycles. The molecule has 1 aromatic carbocycles. The van der Waals surface area contributed by atoms with E-state index in [-0.39, 0.29) is 5.88 Å². The highest BCUT2D eigenvalue weighted by atomic mass is 16.5. The van der Waals surface area contributed by atoms with E-state index in [1.807, 2.05) is 13.0 Å². The van der Waals surface area contributed by atoms with Crippen LogP contribution >= 0.6 is 0 Å². The van der Waals surface area contributed by atoms with Gasteiger partial charge in [0.25, 0.3) is 0 Å².